The van der Waals surface area contributed by atoms with Gasteiger partial charge in [0, 0.05) is 5.69 Å². The van der Waals surface area contributed by atoms with Crippen molar-refractivity contribution in [2.45, 2.75) is 6.92 Å². The molecule has 2 rings (SSSR count). The molecule has 0 aliphatic rings. The van der Waals surface area contributed by atoms with Crippen LogP contribution in [0.2, 0.25) is 0 Å². The van der Waals surface area contributed by atoms with Gasteiger partial charge in [-0.05, 0) is 42.8 Å². The molecule has 2 aromatic carbocycles. The zero-order valence-electron chi connectivity index (χ0n) is 10.9. The third kappa shape index (κ3) is 3.47. The highest BCUT2D eigenvalue weighted by Crippen LogP contribution is 2.20. The molecule has 0 aromatic heterocycles. The number of benzene rings is 2. The molecule has 0 aliphatic heterocycles. The van der Waals surface area contributed by atoms with Crippen LogP contribution in [0.3, 0.4) is 0 Å². The van der Waals surface area contributed by atoms with Crippen LogP contribution in [0.4, 0.5) is 10.1 Å². The van der Waals surface area contributed by atoms with Gasteiger partial charge in [0.15, 0.2) is 18.2 Å². The van der Waals surface area contributed by atoms with E-state index in [9.17, 15) is 14.3 Å². The van der Waals surface area contributed by atoms with Gasteiger partial charge in [-0.15, -0.1) is 0 Å². The lowest BCUT2D eigenvalue weighted by atomic mass is 10.2. The number of carbonyl (C=O) groups is 1. The summed E-state index contributed by atoms with van der Waals surface area (Å²) in [4.78, 5) is 11.7. The fourth-order valence-corrected chi connectivity index (χ4v) is 1.68. The van der Waals surface area contributed by atoms with Crippen molar-refractivity contribution < 1.29 is 19.0 Å². The Bertz CT molecular complexity index is 628. The summed E-state index contributed by atoms with van der Waals surface area (Å²) in [6.07, 6.45) is 0. The molecular weight excluding hydrogens is 261 g/mol. The first-order valence-electron chi connectivity index (χ1n) is 6.03. The normalized spacial score (nSPS) is 10.1. The number of nitrogens with one attached hydrogen (secondary N) is 1. The molecule has 104 valence electrons. The van der Waals surface area contributed by atoms with Gasteiger partial charge in [0.25, 0.3) is 5.91 Å². The average molecular weight is 275 g/mol. The molecule has 5 heteroatoms. The summed E-state index contributed by atoms with van der Waals surface area (Å²) < 4.78 is 18.4. The van der Waals surface area contributed by atoms with E-state index in [0.717, 1.165) is 5.56 Å². The minimum absolute atomic E-state index is 0.0325. The summed E-state index contributed by atoms with van der Waals surface area (Å²) in [6, 6.07) is 10.5. The zero-order chi connectivity index (χ0) is 14.5. The number of ether oxygens (including phenoxy) is 1. The van der Waals surface area contributed by atoms with Gasteiger partial charge in [-0.2, -0.15) is 0 Å². The number of carbonyl (C=O) groups excluding carboxylic acids is 1. The predicted molar refractivity (Wildman–Crippen MR) is 73.4 cm³/mol. The van der Waals surface area contributed by atoms with E-state index in [1.54, 1.807) is 25.1 Å². The number of anilines is 1. The van der Waals surface area contributed by atoms with E-state index in [4.69, 9.17) is 4.74 Å². The highest BCUT2D eigenvalue weighted by atomic mass is 19.1. The third-order valence-corrected chi connectivity index (χ3v) is 2.68. The highest BCUT2D eigenvalue weighted by Gasteiger charge is 2.08. The second kappa shape index (κ2) is 6.06. The van der Waals surface area contributed by atoms with E-state index in [1.165, 1.54) is 24.3 Å². The van der Waals surface area contributed by atoms with Crippen molar-refractivity contribution in [3.8, 4) is 11.5 Å². The van der Waals surface area contributed by atoms with Crippen LogP contribution in [0, 0.1) is 12.7 Å². The Morgan fingerprint density at radius 1 is 1.30 bits per heavy atom. The number of aryl methyl sites for hydroxylation is 1. The smallest absolute Gasteiger partial charge is 0.262 e. The molecule has 0 saturated heterocycles. The molecule has 0 heterocycles. The first-order chi connectivity index (χ1) is 9.56. The molecule has 0 unspecified atom stereocenters. The number of para-hydroxylation sites is 1. The zero-order valence-corrected chi connectivity index (χ0v) is 10.9. The van der Waals surface area contributed by atoms with Gasteiger partial charge < -0.3 is 15.2 Å². The molecule has 1 amide bonds. The highest BCUT2D eigenvalue weighted by molar-refractivity contribution is 5.92. The van der Waals surface area contributed by atoms with Crippen LogP contribution in [0.5, 0.6) is 11.5 Å². The first-order valence-corrected chi connectivity index (χ1v) is 6.03. The predicted octanol–water partition coefficient (Wildman–Crippen LogP) is 2.86. The topological polar surface area (TPSA) is 58.6 Å². The Morgan fingerprint density at radius 3 is 2.75 bits per heavy atom. The van der Waals surface area contributed by atoms with E-state index >= 15 is 0 Å². The van der Waals surface area contributed by atoms with Crippen LogP contribution < -0.4 is 10.1 Å². The van der Waals surface area contributed by atoms with Crippen molar-refractivity contribution in [3.63, 3.8) is 0 Å². The number of phenols is 1. The summed E-state index contributed by atoms with van der Waals surface area (Å²) in [5.74, 6) is -0.753. The van der Waals surface area contributed by atoms with Crippen LogP contribution >= 0.6 is 0 Å². The Morgan fingerprint density at radius 2 is 2.05 bits per heavy atom. The maximum Gasteiger partial charge on any atom is 0.262 e. The fourth-order valence-electron chi connectivity index (χ4n) is 1.68. The lowest BCUT2D eigenvalue weighted by Gasteiger charge is -2.10. The van der Waals surface area contributed by atoms with Crippen molar-refractivity contribution in [1.82, 2.24) is 0 Å². The number of rotatable bonds is 4. The molecule has 0 saturated carbocycles. The standard InChI is InChI=1S/C15H14FNO3/c1-10-8-11(18)6-7-13(10)17-15(19)9-20-14-5-3-2-4-12(14)16/h2-8,18H,9H2,1H3,(H,17,19). The molecule has 4 nitrogen and oxygen atoms in total. The van der Waals surface area contributed by atoms with Gasteiger partial charge >= 0.3 is 0 Å². The minimum atomic E-state index is -0.513. The summed E-state index contributed by atoms with van der Waals surface area (Å²) in [5, 5.41) is 11.9. The van der Waals surface area contributed by atoms with E-state index in [2.05, 4.69) is 5.32 Å². The largest absolute Gasteiger partial charge is 0.508 e. The van der Waals surface area contributed by atoms with Crippen molar-refractivity contribution in [3.05, 3.63) is 53.8 Å². The SMILES string of the molecule is Cc1cc(O)ccc1NC(=O)COc1ccccc1F. The van der Waals surface area contributed by atoms with Gasteiger partial charge in [0.2, 0.25) is 0 Å². The van der Waals surface area contributed by atoms with E-state index in [-0.39, 0.29) is 18.1 Å². The summed E-state index contributed by atoms with van der Waals surface area (Å²) in [6.45, 7) is 1.47. The molecule has 0 radical (unpaired) electrons. The molecular formula is C15H14FNO3. The Kier molecular flexibility index (Phi) is 4.20. The van der Waals surface area contributed by atoms with Gasteiger partial charge in [-0.25, -0.2) is 4.39 Å². The number of halogens is 1. The Hall–Kier alpha value is -2.56. The maximum atomic E-state index is 13.3. The molecule has 20 heavy (non-hydrogen) atoms. The van der Waals surface area contributed by atoms with E-state index < -0.39 is 11.7 Å². The fraction of sp³-hybridized carbons (Fsp3) is 0.133. The third-order valence-electron chi connectivity index (χ3n) is 2.68. The molecule has 0 fully saturated rings. The van der Waals surface area contributed by atoms with Gasteiger partial charge in [0.1, 0.15) is 5.75 Å². The lowest BCUT2D eigenvalue weighted by Crippen LogP contribution is -2.20. The van der Waals surface area contributed by atoms with Crippen LogP contribution in [0.1, 0.15) is 5.56 Å². The minimum Gasteiger partial charge on any atom is -0.508 e. The van der Waals surface area contributed by atoms with Crippen LogP contribution in [0.15, 0.2) is 42.5 Å². The summed E-state index contributed by atoms with van der Waals surface area (Å²) in [7, 11) is 0. The van der Waals surface area contributed by atoms with Crippen molar-refractivity contribution in [1.29, 1.82) is 0 Å². The molecule has 0 aliphatic carbocycles. The average Bonchev–Trinajstić information content (AvgIpc) is 2.41. The second-order valence-electron chi connectivity index (χ2n) is 4.27. The first kappa shape index (κ1) is 13.9. The van der Waals surface area contributed by atoms with Crippen LogP contribution in [-0.2, 0) is 4.79 Å². The van der Waals surface area contributed by atoms with E-state index in [0.29, 0.717) is 5.69 Å². The number of hydrogen-bond acceptors (Lipinski definition) is 3. The quantitative estimate of drug-likeness (QED) is 0.843. The second-order valence-corrected chi connectivity index (χ2v) is 4.27. The number of aromatic hydroxyl groups is 1. The van der Waals surface area contributed by atoms with Crippen molar-refractivity contribution in [2.75, 3.05) is 11.9 Å². The molecule has 0 atom stereocenters. The van der Waals surface area contributed by atoms with Crippen LogP contribution in [-0.4, -0.2) is 17.6 Å². The monoisotopic (exact) mass is 275 g/mol. The van der Waals surface area contributed by atoms with E-state index in [1.807, 2.05) is 0 Å². The maximum absolute atomic E-state index is 13.3. The van der Waals surface area contributed by atoms with Crippen molar-refractivity contribution in [2.24, 2.45) is 0 Å². The van der Waals surface area contributed by atoms with Crippen molar-refractivity contribution >= 4 is 11.6 Å². The molecule has 2 aromatic rings. The Labute approximate surface area is 115 Å². The van der Waals surface area contributed by atoms with Gasteiger partial charge in [0.05, 0.1) is 0 Å². The molecule has 0 spiro atoms. The lowest BCUT2D eigenvalue weighted by molar-refractivity contribution is -0.118. The van der Waals surface area contributed by atoms with Gasteiger partial charge in [-0.1, -0.05) is 12.1 Å². The molecule has 2 N–H and O–H groups in total. The number of amides is 1. The summed E-state index contributed by atoms with van der Waals surface area (Å²) >= 11 is 0. The Balaban J connectivity index is 1.94. The molecule has 0 bridgehead atoms. The summed E-state index contributed by atoms with van der Waals surface area (Å²) in [5.41, 5.74) is 1.30. The number of phenolic OH excluding ortho intramolecular Hbond substituents is 1. The number of hydrogen-bond donors (Lipinski definition) is 2. The van der Waals surface area contributed by atoms with Crippen LogP contribution in [0.25, 0.3) is 0 Å². The van der Waals surface area contributed by atoms with Gasteiger partial charge in [-0.3, -0.25) is 4.79 Å².